The largest absolute Gasteiger partial charge is 0.497 e. The van der Waals surface area contributed by atoms with E-state index < -0.39 is 0 Å². The molecule has 0 aliphatic carbocycles. The second kappa shape index (κ2) is 8.10. The minimum Gasteiger partial charge on any atom is -0.497 e. The zero-order valence-electron chi connectivity index (χ0n) is 16.6. The maximum absolute atomic E-state index is 11.8. The number of carbonyl (C=O) groups excluding carboxylic acids is 1. The number of amides is 2. The van der Waals surface area contributed by atoms with Gasteiger partial charge in [-0.3, -0.25) is 9.80 Å². The summed E-state index contributed by atoms with van der Waals surface area (Å²) >= 11 is 0. The molecule has 0 bridgehead atoms. The van der Waals surface area contributed by atoms with Crippen LogP contribution in [0.15, 0.2) is 48.5 Å². The van der Waals surface area contributed by atoms with Gasteiger partial charge >= 0.3 is 6.03 Å². The first kappa shape index (κ1) is 18.6. The zero-order chi connectivity index (χ0) is 19.5. The predicted octanol–water partition coefficient (Wildman–Crippen LogP) is 2.94. The number of carbonyl (C=O) groups is 1. The summed E-state index contributed by atoms with van der Waals surface area (Å²) in [5, 5.41) is 2.85. The predicted molar refractivity (Wildman–Crippen MR) is 112 cm³/mol. The monoisotopic (exact) mass is 380 g/mol. The smallest absolute Gasteiger partial charge is 0.321 e. The Morgan fingerprint density at radius 1 is 1.00 bits per heavy atom. The molecule has 0 aromatic heterocycles. The number of hydrogen-bond donors (Lipinski definition) is 1. The number of ether oxygens (including phenoxy) is 1. The summed E-state index contributed by atoms with van der Waals surface area (Å²) in [7, 11) is 1.70. The third-order valence-corrected chi connectivity index (χ3v) is 5.69. The van der Waals surface area contributed by atoms with Gasteiger partial charge in [-0.1, -0.05) is 12.1 Å². The lowest BCUT2D eigenvalue weighted by Crippen LogP contribution is -2.51. The Kier molecular flexibility index (Phi) is 5.39. The van der Waals surface area contributed by atoms with Gasteiger partial charge < -0.3 is 15.0 Å². The van der Waals surface area contributed by atoms with Crippen LogP contribution in [0.2, 0.25) is 0 Å². The molecule has 2 saturated heterocycles. The van der Waals surface area contributed by atoms with E-state index in [1.54, 1.807) is 12.0 Å². The highest BCUT2D eigenvalue weighted by atomic mass is 16.5. The van der Waals surface area contributed by atoms with Crippen LogP contribution in [0.4, 0.5) is 16.2 Å². The van der Waals surface area contributed by atoms with Crippen molar-refractivity contribution in [2.45, 2.75) is 19.5 Å². The topological polar surface area (TPSA) is 48.1 Å². The molecular weight excluding hydrogens is 352 g/mol. The molecule has 28 heavy (non-hydrogen) atoms. The van der Waals surface area contributed by atoms with Crippen LogP contribution in [0.5, 0.6) is 5.75 Å². The maximum Gasteiger partial charge on any atom is 0.321 e. The Labute approximate surface area is 166 Å². The fraction of sp³-hybridized carbons (Fsp3) is 0.409. The number of rotatable bonds is 5. The number of nitrogens with one attached hydrogen (secondary N) is 1. The molecule has 0 radical (unpaired) electrons. The molecule has 2 fully saturated rings. The average Bonchev–Trinajstić information content (AvgIpc) is 3.16. The van der Waals surface area contributed by atoms with E-state index in [9.17, 15) is 4.79 Å². The van der Waals surface area contributed by atoms with Crippen LogP contribution in [-0.2, 0) is 6.54 Å². The first-order chi connectivity index (χ1) is 13.6. The van der Waals surface area contributed by atoms with E-state index in [4.69, 9.17) is 4.74 Å². The van der Waals surface area contributed by atoms with Crippen LogP contribution in [0.1, 0.15) is 12.5 Å². The molecule has 6 nitrogen and oxygen atoms in total. The average molecular weight is 380 g/mol. The van der Waals surface area contributed by atoms with Gasteiger partial charge in [-0.25, -0.2) is 4.79 Å². The summed E-state index contributed by atoms with van der Waals surface area (Å²) in [4.78, 5) is 18.6. The van der Waals surface area contributed by atoms with Gasteiger partial charge in [-0.15, -0.1) is 0 Å². The molecule has 6 heteroatoms. The third kappa shape index (κ3) is 3.92. The summed E-state index contributed by atoms with van der Waals surface area (Å²) in [6.45, 7) is 7.74. The summed E-state index contributed by atoms with van der Waals surface area (Å²) < 4.78 is 5.26. The SMILES string of the molecule is COc1ccc(N2CCN(Cc3ccc(N4CCNC4=O)cc3)C(C)C2)cc1. The lowest BCUT2D eigenvalue weighted by molar-refractivity contribution is 0.181. The number of benzene rings is 2. The van der Waals surface area contributed by atoms with E-state index in [0.717, 1.165) is 50.7 Å². The molecule has 2 amide bonds. The Balaban J connectivity index is 1.35. The number of piperazine rings is 1. The number of urea groups is 1. The van der Waals surface area contributed by atoms with Gasteiger partial charge in [-0.05, 0) is 48.9 Å². The van der Waals surface area contributed by atoms with Crippen molar-refractivity contribution in [3.63, 3.8) is 0 Å². The van der Waals surface area contributed by atoms with Gasteiger partial charge in [0.25, 0.3) is 0 Å². The van der Waals surface area contributed by atoms with Crippen molar-refractivity contribution in [3.8, 4) is 5.75 Å². The Bertz CT molecular complexity index is 806. The van der Waals surface area contributed by atoms with Crippen molar-refractivity contribution in [3.05, 3.63) is 54.1 Å². The van der Waals surface area contributed by atoms with E-state index in [1.165, 1.54) is 11.3 Å². The van der Waals surface area contributed by atoms with Crippen LogP contribution in [0.3, 0.4) is 0 Å². The van der Waals surface area contributed by atoms with Crippen molar-refractivity contribution in [1.82, 2.24) is 10.2 Å². The van der Waals surface area contributed by atoms with Gasteiger partial charge in [0.05, 0.1) is 7.11 Å². The van der Waals surface area contributed by atoms with E-state index in [1.807, 2.05) is 12.1 Å². The van der Waals surface area contributed by atoms with E-state index >= 15 is 0 Å². The van der Waals surface area contributed by atoms with Crippen LogP contribution < -0.4 is 19.9 Å². The molecule has 0 saturated carbocycles. The van der Waals surface area contributed by atoms with Crippen molar-refractivity contribution in [1.29, 1.82) is 0 Å². The first-order valence-corrected chi connectivity index (χ1v) is 9.91. The highest BCUT2D eigenvalue weighted by molar-refractivity contribution is 5.93. The summed E-state index contributed by atoms with van der Waals surface area (Å²) in [6.07, 6.45) is 0. The minimum absolute atomic E-state index is 0.00368. The summed E-state index contributed by atoms with van der Waals surface area (Å²) in [5.74, 6) is 0.894. The second-order valence-electron chi connectivity index (χ2n) is 7.51. The molecule has 4 rings (SSSR count). The molecule has 2 aromatic carbocycles. The van der Waals surface area contributed by atoms with E-state index in [0.29, 0.717) is 6.04 Å². The lowest BCUT2D eigenvalue weighted by Gasteiger charge is -2.41. The third-order valence-electron chi connectivity index (χ3n) is 5.69. The van der Waals surface area contributed by atoms with Crippen LogP contribution in [-0.4, -0.2) is 56.8 Å². The second-order valence-corrected chi connectivity index (χ2v) is 7.51. The van der Waals surface area contributed by atoms with E-state index in [2.05, 4.69) is 58.4 Å². The molecule has 1 N–H and O–H groups in total. The lowest BCUT2D eigenvalue weighted by atomic mass is 10.1. The molecule has 2 heterocycles. The molecular formula is C22H28N4O2. The van der Waals surface area contributed by atoms with Gasteiger partial charge in [0.2, 0.25) is 0 Å². The molecule has 2 aliphatic heterocycles. The van der Waals surface area contributed by atoms with Crippen LogP contribution in [0.25, 0.3) is 0 Å². The number of nitrogens with zero attached hydrogens (tertiary/aromatic N) is 3. The van der Waals surface area contributed by atoms with Crippen LogP contribution >= 0.6 is 0 Å². The van der Waals surface area contributed by atoms with Crippen molar-refractivity contribution >= 4 is 17.4 Å². The molecule has 1 atom stereocenters. The maximum atomic E-state index is 11.8. The van der Waals surface area contributed by atoms with Crippen molar-refractivity contribution in [2.24, 2.45) is 0 Å². The fourth-order valence-corrected chi connectivity index (χ4v) is 3.99. The van der Waals surface area contributed by atoms with Gasteiger partial charge in [0, 0.05) is 56.7 Å². The minimum atomic E-state index is -0.00368. The Morgan fingerprint density at radius 3 is 2.32 bits per heavy atom. The van der Waals surface area contributed by atoms with Gasteiger partial charge in [0.1, 0.15) is 5.75 Å². The highest BCUT2D eigenvalue weighted by Crippen LogP contribution is 2.24. The van der Waals surface area contributed by atoms with Crippen molar-refractivity contribution in [2.75, 3.05) is 49.6 Å². The molecule has 2 aliphatic rings. The first-order valence-electron chi connectivity index (χ1n) is 9.91. The normalized spacial score (nSPS) is 20.4. The Hall–Kier alpha value is -2.73. The molecule has 2 aromatic rings. The van der Waals surface area contributed by atoms with Crippen LogP contribution in [0, 0.1) is 0 Å². The number of methoxy groups -OCH3 is 1. The number of hydrogen-bond acceptors (Lipinski definition) is 4. The summed E-state index contributed by atoms with van der Waals surface area (Å²) in [6, 6.07) is 17.2. The quantitative estimate of drug-likeness (QED) is 0.867. The summed E-state index contributed by atoms with van der Waals surface area (Å²) in [5.41, 5.74) is 3.50. The van der Waals surface area contributed by atoms with E-state index in [-0.39, 0.29) is 6.03 Å². The number of anilines is 2. The van der Waals surface area contributed by atoms with Crippen molar-refractivity contribution < 1.29 is 9.53 Å². The zero-order valence-corrected chi connectivity index (χ0v) is 16.6. The van der Waals surface area contributed by atoms with Gasteiger partial charge in [-0.2, -0.15) is 0 Å². The van der Waals surface area contributed by atoms with Gasteiger partial charge in [0.15, 0.2) is 0 Å². The standard InChI is InChI=1S/C22H28N4O2/c1-17-15-25(19-7-9-21(28-2)10-8-19)14-13-24(17)16-18-3-5-20(6-4-18)26-12-11-23-22(26)27/h3-10,17H,11-16H2,1-2H3,(H,23,27). The molecule has 1 unspecified atom stereocenters. The highest BCUT2D eigenvalue weighted by Gasteiger charge is 2.24. The molecule has 0 spiro atoms. The molecule has 148 valence electrons. The Morgan fingerprint density at radius 2 is 1.71 bits per heavy atom. The fourth-order valence-electron chi connectivity index (χ4n) is 3.99.